The van der Waals surface area contributed by atoms with Crippen LogP contribution in [0.1, 0.15) is 29.9 Å². The van der Waals surface area contributed by atoms with Crippen LogP contribution in [0.5, 0.6) is 0 Å². The van der Waals surface area contributed by atoms with Gasteiger partial charge in [0.15, 0.2) is 11.6 Å². The van der Waals surface area contributed by atoms with Crippen molar-refractivity contribution in [1.82, 2.24) is 30.3 Å². The summed E-state index contributed by atoms with van der Waals surface area (Å²) in [5.74, 6) is 1.01. The van der Waals surface area contributed by atoms with E-state index >= 15 is 0 Å². The molecule has 0 saturated carbocycles. The molecule has 0 bridgehead atoms. The van der Waals surface area contributed by atoms with Crippen molar-refractivity contribution >= 4 is 33.9 Å². The zero-order chi connectivity index (χ0) is 18.0. The van der Waals surface area contributed by atoms with Crippen LogP contribution in [0.3, 0.4) is 0 Å². The van der Waals surface area contributed by atoms with Gasteiger partial charge in [-0.1, -0.05) is 16.5 Å². The van der Waals surface area contributed by atoms with Crippen LogP contribution in [0, 0.1) is 13.8 Å². The van der Waals surface area contributed by atoms with Gasteiger partial charge in [-0.3, -0.25) is 9.59 Å². The molecule has 0 radical (unpaired) electrons. The summed E-state index contributed by atoms with van der Waals surface area (Å²) < 4.78 is 6.52. The van der Waals surface area contributed by atoms with Crippen molar-refractivity contribution in [2.45, 2.75) is 39.7 Å². The quantitative estimate of drug-likeness (QED) is 0.665. The summed E-state index contributed by atoms with van der Waals surface area (Å²) in [6.45, 7) is 5.14. The maximum absolute atomic E-state index is 12.0. The molecule has 0 aliphatic rings. The molecule has 2 N–H and O–H groups in total. The Hall–Kier alpha value is -2.82. The van der Waals surface area contributed by atoms with Gasteiger partial charge in [-0.2, -0.15) is 9.61 Å². The fraction of sp³-hybridized carbons (Fsp3) is 0.429. The number of amides is 2. The van der Waals surface area contributed by atoms with Gasteiger partial charge >= 0.3 is 0 Å². The number of hydrogen-bond donors (Lipinski definition) is 2. The van der Waals surface area contributed by atoms with E-state index in [0.29, 0.717) is 28.8 Å². The number of aromatic nitrogens is 5. The van der Waals surface area contributed by atoms with Crippen LogP contribution < -0.4 is 10.6 Å². The third-order valence-electron chi connectivity index (χ3n) is 3.40. The molecule has 0 saturated heterocycles. The normalized spacial score (nSPS) is 12.3. The minimum absolute atomic E-state index is 0.226. The summed E-state index contributed by atoms with van der Waals surface area (Å²) >= 11 is 1.39. The van der Waals surface area contributed by atoms with Gasteiger partial charge in [0.1, 0.15) is 16.8 Å². The van der Waals surface area contributed by atoms with Crippen LogP contribution >= 0.6 is 11.3 Å². The van der Waals surface area contributed by atoms with Gasteiger partial charge in [-0.15, -0.1) is 10.2 Å². The second kappa shape index (κ2) is 6.97. The molecule has 0 spiro atoms. The number of hydrogen-bond acceptors (Lipinski definition) is 8. The van der Waals surface area contributed by atoms with Gasteiger partial charge in [0.2, 0.25) is 16.8 Å². The first-order valence-electron chi connectivity index (χ1n) is 7.63. The molecule has 3 aromatic rings. The third-order valence-corrected chi connectivity index (χ3v) is 4.36. The predicted octanol–water partition coefficient (Wildman–Crippen LogP) is 0.867. The molecule has 0 fully saturated rings. The molecule has 10 nitrogen and oxygen atoms in total. The second-order valence-corrected chi connectivity index (χ2v) is 6.58. The Morgan fingerprint density at radius 1 is 1.36 bits per heavy atom. The summed E-state index contributed by atoms with van der Waals surface area (Å²) in [5.41, 5.74) is 0. The number of rotatable bonds is 6. The predicted molar refractivity (Wildman–Crippen MR) is 89.2 cm³/mol. The van der Waals surface area contributed by atoms with E-state index in [1.807, 2.05) is 6.92 Å². The fourth-order valence-corrected chi connectivity index (χ4v) is 2.99. The standard InChI is InChI=1S/C14H17N7O3S/c1-7-6-10(20-24-7)16-13(23)8(2)15-11(22)4-5-12-19-21-9(3)17-18-14(21)25-12/h6,8H,4-5H2,1-3H3,(H,15,22)(H,16,20,23). The highest BCUT2D eigenvalue weighted by Gasteiger charge is 2.17. The first-order chi connectivity index (χ1) is 11.9. The van der Waals surface area contributed by atoms with E-state index in [4.69, 9.17) is 4.52 Å². The number of anilines is 1. The van der Waals surface area contributed by atoms with E-state index in [1.54, 1.807) is 24.4 Å². The van der Waals surface area contributed by atoms with E-state index in [0.717, 1.165) is 5.01 Å². The number of nitrogens with one attached hydrogen (secondary N) is 2. The van der Waals surface area contributed by atoms with Crippen LogP contribution in [0.2, 0.25) is 0 Å². The Bertz CT molecular complexity index is 913. The van der Waals surface area contributed by atoms with Crippen molar-refractivity contribution in [2.75, 3.05) is 5.32 Å². The minimum atomic E-state index is -0.690. The van der Waals surface area contributed by atoms with Crippen molar-refractivity contribution in [3.8, 4) is 0 Å². The highest BCUT2D eigenvalue weighted by molar-refractivity contribution is 7.16. The van der Waals surface area contributed by atoms with Crippen LogP contribution in [-0.2, 0) is 16.0 Å². The summed E-state index contributed by atoms with van der Waals surface area (Å²) in [4.78, 5) is 24.7. The Kier molecular flexibility index (Phi) is 4.74. The summed E-state index contributed by atoms with van der Waals surface area (Å²) in [7, 11) is 0. The van der Waals surface area contributed by atoms with Crippen molar-refractivity contribution in [3.63, 3.8) is 0 Å². The van der Waals surface area contributed by atoms with Gasteiger partial charge in [0.05, 0.1) is 0 Å². The van der Waals surface area contributed by atoms with Gasteiger partial charge in [0.25, 0.3) is 0 Å². The third kappa shape index (κ3) is 3.99. The van der Waals surface area contributed by atoms with Crippen LogP contribution in [-0.4, -0.2) is 42.8 Å². The highest BCUT2D eigenvalue weighted by atomic mass is 32.1. The molecule has 1 atom stereocenters. The van der Waals surface area contributed by atoms with Crippen molar-refractivity contribution < 1.29 is 14.1 Å². The van der Waals surface area contributed by atoms with E-state index < -0.39 is 6.04 Å². The van der Waals surface area contributed by atoms with Crippen molar-refractivity contribution in [1.29, 1.82) is 0 Å². The minimum Gasteiger partial charge on any atom is -0.360 e. The van der Waals surface area contributed by atoms with Crippen LogP contribution in [0.25, 0.3) is 4.96 Å². The Labute approximate surface area is 146 Å². The summed E-state index contributed by atoms with van der Waals surface area (Å²) in [5, 5.41) is 21.9. The van der Waals surface area contributed by atoms with E-state index in [1.165, 1.54) is 11.3 Å². The van der Waals surface area contributed by atoms with Gasteiger partial charge in [-0.05, 0) is 20.8 Å². The highest BCUT2D eigenvalue weighted by Crippen LogP contribution is 2.15. The molecule has 0 aliphatic carbocycles. The monoisotopic (exact) mass is 363 g/mol. The largest absolute Gasteiger partial charge is 0.360 e. The summed E-state index contributed by atoms with van der Waals surface area (Å²) in [6.07, 6.45) is 0.694. The number of nitrogens with zero attached hydrogens (tertiary/aromatic N) is 5. The maximum Gasteiger partial charge on any atom is 0.247 e. The average Bonchev–Trinajstić information content (AvgIpc) is 3.24. The first-order valence-corrected chi connectivity index (χ1v) is 8.45. The summed E-state index contributed by atoms with van der Waals surface area (Å²) in [6, 6.07) is 0.909. The molecule has 1 unspecified atom stereocenters. The van der Waals surface area contributed by atoms with Crippen molar-refractivity contribution in [2.24, 2.45) is 0 Å². The van der Waals surface area contributed by atoms with Gasteiger partial charge < -0.3 is 15.2 Å². The zero-order valence-corrected chi connectivity index (χ0v) is 14.8. The smallest absolute Gasteiger partial charge is 0.247 e. The van der Waals surface area contributed by atoms with Gasteiger partial charge in [0, 0.05) is 18.9 Å². The lowest BCUT2D eigenvalue weighted by Crippen LogP contribution is -2.41. The number of fused-ring (bicyclic) bond motifs is 1. The van der Waals surface area contributed by atoms with Crippen molar-refractivity contribution in [3.05, 3.63) is 22.7 Å². The zero-order valence-electron chi connectivity index (χ0n) is 13.9. The Balaban J connectivity index is 1.48. The lowest BCUT2D eigenvalue weighted by Gasteiger charge is -2.12. The molecule has 3 rings (SSSR count). The molecule has 11 heteroatoms. The molecule has 0 aromatic carbocycles. The molecular formula is C14H17N7O3S. The lowest BCUT2D eigenvalue weighted by molar-refractivity contribution is -0.126. The molecule has 2 amide bonds. The Morgan fingerprint density at radius 2 is 2.16 bits per heavy atom. The average molecular weight is 363 g/mol. The van der Waals surface area contributed by atoms with Crippen LogP contribution in [0.4, 0.5) is 5.82 Å². The molecule has 132 valence electrons. The SMILES string of the molecule is Cc1cc(NC(=O)C(C)NC(=O)CCc2nn3c(C)nnc3s2)no1. The second-order valence-electron chi connectivity index (χ2n) is 5.54. The molecule has 25 heavy (non-hydrogen) atoms. The molecule has 0 aliphatic heterocycles. The van der Waals surface area contributed by atoms with Gasteiger partial charge in [-0.25, -0.2) is 0 Å². The topological polar surface area (TPSA) is 127 Å². The van der Waals surface area contributed by atoms with Crippen LogP contribution in [0.15, 0.2) is 10.6 Å². The fourth-order valence-electron chi connectivity index (χ4n) is 2.11. The maximum atomic E-state index is 12.0. The lowest BCUT2D eigenvalue weighted by atomic mass is 10.2. The van der Waals surface area contributed by atoms with E-state index in [9.17, 15) is 9.59 Å². The molecule has 3 aromatic heterocycles. The number of aryl methyl sites for hydroxylation is 3. The molecule has 3 heterocycles. The van der Waals surface area contributed by atoms with E-state index in [-0.39, 0.29) is 18.2 Å². The Morgan fingerprint density at radius 3 is 2.84 bits per heavy atom. The first kappa shape index (κ1) is 17.0. The number of carbonyl (C=O) groups is 2. The molecular weight excluding hydrogens is 346 g/mol. The van der Waals surface area contributed by atoms with E-state index in [2.05, 4.69) is 31.1 Å². The number of carbonyl (C=O) groups excluding carboxylic acids is 2.